The molecular weight excluding hydrogens is 226 g/mol. The van der Waals surface area contributed by atoms with Gasteiger partial charge in [-0.3, -0.25) is 0 Å². The van der Waals surface area contributed by atoms with Crippen LogP contribution in [0.1, 0.15) is 30.6 Å². The molecule has 0 aromatic heterocycles. The molecule has 1 atom stereocenters. The van der Waals surface area contributed by atoms with Crippen molar-refractivity contribution >= 4 is 23.3 Å². The van der Waals surface area contributed by atoms with E-state index in [-0.39, 0.29) is 11.0 Å². The zero-order valence-corrected chi connectivity index (χ0v) is 10.0. The number of halogens is 1. The van der Waals surface area contributed by atoms with Crippen LogP contribution < -0.4 is 5.32 Å². The third kappa shape index (κ3) is 2.14. The van der Waals surface area contributed by atoms with Crippen molar-refractivity contribution in [3.63, 3.8) is 0 Å². The number of benzene rings is 1. The van der Waals surface area contributed by atoms with Crippen molar-refractivity contribution in [3.05, 3.63) is 28.8 Å². The predicted molar refractivity (Wildman–Crippen MR) is 64.2 cm³/mol. The van der Waals surface area contributed by atoms with E-state index in [0.717, 1.165) is 6.42 Å². The van der Waals surface area contributed by atoms with Gasteiger partial charge in [-0.2, -0.15) is 0 Å². The van der Waals surface area contributed by atoms with Gasteiger partial charge in [0.2, 0.25) is 0 Å². The van der Waals surface area contributed by atoms with E-state index in [1.54, 1.807) is 12.1 Å². The Balaban J connectivity index is 2.24. The number of rotatable bonds is 3. The summed E-state index contributed by atoms with van der Waals surface area (Å²) < 4.78 is 0. The molecule has 0 amide bonds. The molecule has 1 saturated carbocycles. The van der Waals surface area contributed by atoms with Crippen molar-refractivity contribution in [3.8, 4) is 0 Å². The van der Waals surface area contributed by atoms with Crippen LogP contribution in [0.25, 0.3) is 0 Å². The molecule has 0 heterocycles. The van der Waals surface area contributed by atoms with Crippen molar-refractivity contribution in [1.82, 2.24) is 0 Å². The molecule has 86 valence electrons. The predicted octanol–water partition coefficient (Wildman–Crippen LogP) is 3.25. The summed E-state index contributed by atoms with van der Waals surface area (Å²) in [5.41, 5.74) is 1.14. The molecule has 1 fully saturated rings. The minimum atomic E-state index is -0.955. The molecule has 1 unspecified atom stereocenters. The van der Waals surface area contributed by atoms with E-state index in [1.165, 1.54) is 6.07 Å². The fraction of sp³-hybridized carbons (Fsp3) is 0.417. The maximum absolute atomic E-state index is 11.0. The highest BCUT2D eigenvalue weighted by Crippen LogP contribution is 2.46. The number of carboxylic acid groups (broad SMARTS) is 1. The van der Waals surface area contributed by atoms with E-state index in [2.05, 4.69) is 19.2 Å². The topological polar surface area (TPSA) is 49.3 Å². The summed E-state index contributed by atoms with van der Waals surface area (Å²) in [6.45, 7) is 4.31. The van der Waals surface area contributed by atoms with E-state index in [9.17, 15) is 4.79 Å². The van der Waals surface area contributed by atoms with Crippen LogP contribution in [0.4, 0.5) is 5.69 Å². The summed E-state index contributed by atoms with van der Waals surface area (Å²) >= 11 is 5.78. The van der Waals surface area contributed by atoms with E-state index in [4.69, 9.17) is 16.7 Å². The van der Waals surface area contributed by atoms with Gasteiger partial charge >= 0.3 is 5.97 Å². The van der Waals surface area contributed by atoms with Gasteiger partial charge in [0, 0.05) is 16.8 Å². The third-order valence-electron chi connectivity index (χ3n) is 3.06. The molecule has 1 aliphatic rings. The van der Waals surface area contributed by atoms with Gasteiger partial charge in [-0.1, -0.05) is 25.4 Å². The SMILES string of the molecule is CC1(C)CC1Nc1ccc(Cl)cc1C(=O)O. The summed E-state index contributed by atoms with van der Waals surface area (Å²) in [6, 6.07) is 5.25. The minimum Gasteiger partial charge on any atom is -0.478 e. The van der Waals surface area contributed by atoms with Crippen molar-refractivity contribution in [2.24, 2.45) is 5.41 Å². The highest BCUT2D eigenvalue weighted by molar-refractivity contribution is 6.31. The van der Waals surface area contributed by atoms with Gasteiger partial charge in [0.15, 0.2) is 0 Å². The second kappa shape index (κ2) is 3.67. The van der Waals surface area contributed by atoms with Gasteiger partial charge in [-0.05, 0) is 30.0 Å². The van der Waals surface area contributed by atoms with Crippen LogP contribution in [-0.2, 0) is 0 Å². The molecule has 0 aliphatic heterocycles. The Bertz CT molecular complexity index is 443. The van der Waals surface area contributed by atoms with Gasteiger partial charge in [0.25, 0.3) is 0 Å². The Morgan fingerprint density at radius 3 is 2.69 bits per heavy atom. The molecule has 1 aromatic rings. The first-order valence-corrected chi connectivity index (χ1v) is 5.57. The van der Waals surface area contributed by atoms with E-state index in [0.29, 0.717) is 16.8 Å². The van der Waals surface area contributed by atoms with Gasteiger partial charge in [-0.25, -0.2) is 4.79 Å². The highest BCUT2D eigenvalue weighted by Gasteiger charge is 2.45. The standard InChI is InChI=1S/C12H14ClNO2/c1-12(2)6-10(12)14-9-4-3-7(13)5-8(9)11(15)16/h3-5,10,14H,6H2,1-2H3,(H,15,16). The number of anilines is 1. The molecule has 0 bridgehead atoms. The molecule has 0 radical (unpaired) electrons. The molecule has 2 rings (SSSR count). The van der Waals surface area contributed by atoms with Crippen molar-refractivity contribution in [2.75, 3.05) is 5.32 Å². The molecule has 1 aromatic carbocycles. The Morgan fingerprint density at radius 1 is 1.56 bits per heavy atom. The molecular formula is C12H14ClNO2. The van der Waals surface area contributed by atoms with Gasteiger partial charge in [0.1, 0.15) is 0 Å². The summed E-state index contributed by atoms with van der Waals surface area (Å²) in [5.74, 6) is -0.955. The smallest absolute Gasteiger partial charge is 0.337 e. The maximum atomic E-state index is 11.0. The summed E-state index contributed by atoms with van der Waals surface area (Å²) in [6.07, 6.45) is 1.06. The van der Waals surface area contributed by atoms with Crippen molar-refractivity contribution in [2.45, 2.75) is 26.3 Å². The summed E-state index contributed by atoms with van der Waals surface area (Å²) in [4.78, 5) is 11.0. The lowest BCUT2D eigenvalue weighted by Gasteiger charge is -2.11. The van der Waals surface area contributed by atoms with Crippen LogP contribution in [0.5, 0.6) is 0 Å². The molecule has 4 heteroatoms. The number of carbonyl (C=O) groups is 1. The Kier molecular flexibility index (Phi) is 2.58. The lowest BCUT2D eigenvalue weighted by atomic mass is 10.1. The maximum Gasteiger partial charge on any atom is 0.337 e. The lowest BCUT2D eigenvalue weighted by Crippen LogP contribution is -2.12. The van der Waals surface area contributed by atoms with Crippen LogP contribution in [0.3, 0.4) is 0 Å². The summed E-state index contributed by atoms with van der Waals surface area (Å²) in [5, 5.41) is 12.7. The molecule has 3 nitrogen and oxygen atoms in total. The Hall–Kier alpha value is -1.22. The number of carboxylic acids is 1. The molecule has 2 N–H and O–H groups in total. The number of hydrogen-bond donors (Lipinski definition) is 2. The first-order valence-electron chi connectivity index (χ1n) is 5.19. The quantitative estimate of drug-likeness (QED) is 0.851. The van der Waals surface area contributed by atoms with Crippen LogP contribution in [0.15, 0.2) is 18.2 Å². The third-order valence-corrected chi connectivity index (χ3v) is 3.29. The van der Waals surface area contributed by atoms with Crippen LogP contribution >= 0.6 is 11.6 Å². The number of nitrogens with one attached hydrogen (secondary N) is 1. The zero-order valence-electron chi connectivity index (χ0n) is 9.25. The monoisotopic (exact) mass is 239 g/mol. The average Bonchev–Trinajstić information content (AvgIpc) is 2.76. The average molecular weight is 240 g/mol. The van der Waals surface area contributed by atoms with Crippen LogP contribution in [0, 0.1) is 5.41 Å². The minimum absolute atomic E-state index is 0.232. The van der Waals surface area contributed by atoms with Gasteiger partial charge in [0.05, 0.1) is 5.56 Å². The first-order chi connectivity index (χ1) is 7.40. The van der Waals surface area contributed by atoms with Crippen LogP contribution in [0.2, 0.25) is 5.02 Å². The lowest BCUT2D eigenvalue weighted by molar-refractivity contribution is 0.0698. The number of hydrogen-bond acceptors (Lipinski definition) is 2. The normalized spacial score (nSPS) is 21.6. The largest absolute Gasteiger partial charge is 0.478 e. The van der Waals surface area contributed by atoms with Crippen LogP contribution in [-0.4, -0.2) is 17.1 Å². The first kappa shape index (κ1) is 11.3. The fourth-order valence-corrected chi connectivity index (χ4v) is 1.89. The Labute approximate surface area is 99.4 Å². The number of aromatic carboxylic acids is 1. The van der Waals surface area contributed by atoms with Gasteiger partial charge in [-0.15, -0.1) is 0 Å². The second-order valence-electron chi connectivity index (χ2n) is 4.88. The van der Waals surface area contributed by atoms with Crippen molar-refractivity contribution < 1.29 is 9.90 Å². The fourth-order valence-electron chi connectivity index (χ4n) is 1.72. The molecule has 16 heavy (non-hydrogen) atoms. The van der Waals surface area contributed by atoms with E-state index >= 15 is 0 Å². The Morgan fingerprint density at radius 2 is 2.19 bits per heavy atom. The molecule has 1 aliphatic carbocycles. The zero-order chi connectivity index (χ0) is 11.9. The van der Waals surface area contributed by atoms with Gasteiger partial charge < -0.3 is 10.4 Å². The second-order valence-corrected chi connectivity index (χ2v) is 5.32. The van der Waals surface area contributed by atoms with E-state index in [1.807, 2.05) is 0 Å². The van der Waals surface area contributed by atoms with E-state index < -0.39 is 5.97 Å². The molecule has 0 saturated heterocycles. The molecule has 0 spiro atoms. The van der Waals surface area contributed by atoms with Crippen molar-refractivity contribution in [1.29, 1.82) is 0 Å². The summed E-state index contributed by atoms with van der Waals surface area (Å²) in [7, 11) is 0. The highest BCUT2D eigenvalue weighted by atomic mass is 35.5.